The number of rotatable bonds is 6. The largest absolute Gasteiger partial charge is 0.480 e. The van der Waals surface area contributed by atoms with Gasteiger partial charge in [-0.3, -0.25) is 9.59 Å². The van der Waals surface area contributed by atoms with Crippen LogP contribution in [-0.4, -0.2) is 37.6 Å². The number of hydrogen-bond donors (Lipinski definition) is 3. The third-order valence-corrected chi connectivity index (χ3v) is 6.11. The monoisotopic (exact) mass is 434 g/mol. The normalized spacial score (nSPS) is 15.7. The van der Waals surface area contributed by atoms with Gasteiger partial charge in [-0.15, -0.1) is 0 Å². The molecule has 2 aromatic heterocycles. The van der Waals surface area contributed by atoms with Crippen molar-refractivity contribution in [2.75, 3.05) is 0 Å². The molecular weight excluding hydrogens is 411 g/mol. The van der Waals surface area contributed by atoms with E-state index in [0.29, 0.717) is 32.1 Å². The van der Waals surface area contributed by atoms with Gasteiger partial charge in [-0.05, 0) is 55.2 Å². The van der Waals surface area contributed by atoms with E-state index in [9.17, 15) is 19.1 Å². The number of carboxylic acid groups (broad SMARTS) is 1. The second kappa shape index (κ2) is 8.11. The Labute approximate surface area is 183 Å². The molecule has 1 amide bonds. The molecule has 0 bridgehead atoms. The van der Waals surface area contributed by atoms with Crippen LogP contribution in [0.1, 0.15) is 29.9 Å². The molecule has 5 rings (SSSR count). The van der Waals surface area contributed by atoms with Crippen LogP contribution in [-0.2, 0) is 35.4 Å². The Hall–Kier alpha value is -3.68. The standard InChI is InChI=1S/C24H23FN4O3/c25-14-5-7-20-16(11-14)17-12-15(6-8-21(17)29(20)13-24(31)32)26-23(30)10-9-22-27-18-3-1-2-4-19(18)28-22/h1-5,7,11,15H,6,8-10,12-13H2,(H,26,30)(H,27,28)(H,31,32)/t15-/m0/s1. The number of nitrogens with one attached hydrogen (secondary N) is 2. The number of nitrogens with zero attached hydrogens (tertiary/aromatic N) is 2. The Morgan fingerprint density at radius 2 is 2.09 bits per heavy atom. The van der Waals surface area contributed by atoms with Crippen LogP contribution in [0.4, 0.5) is 4.39 Å². The van der Waals surface area contributed by atoms with Crippen LogP contribution < -0.4 is 5.32 Å². The van der Waals surface area contributed by atoms with E-state index in [2.05, 4.69) is 15.3 Å². The van der Waals surface area contributed by atoms with Crippen molar-refractivity contribution in [1.29, 1.82) is 0 Å². The molecule has 8 heteroatoms. The number of benzene rings is 2. The minimum Gasteiger partial charge on any atom is -0.480 e. The fourth-order valence-electron chi connectivity index (χ4n) is 4.72. The molecule has 0 aliphatic heterocycles. The van der Waals surface area contributed by atoms with Gasteiger partial charge < -0.3 is 20.0 Å². The molecule has 2 heterocycles. The van der Waals surface area contributed by atoms with Crippen molar-refractivity contribution in [3.05, 3.63) is 65.4 Å². The Morgan fingerprint density at radius 1 is 1.25 bits per heavy atom. The summed E-state index contributed by atoms with van der Waals surface area (Å²) in [7, 11) is 0. The van der Waals surface area contributed by atoms with Crippen molar-refractivity contribution in [3.8, 4) is 0 Å². The van der Waals surface area contributed by atoms with E-state index in [-0.39, 0.29) is 24.3 Å². The molecule has 1 aliphatic carbocycles. The van der Waals surface area contributed by atoms with Crippen molar-refractivity contribution in [3.63, 3.8) is 0 Å². The van der Waals surface area contributed by atoms with Crippen molar-refractivity contribution < 1.29 is 19.1 Å². The van der Waals surface area contributed by atoms with Crippen LogP contribution in [0.15, 0.2) is 42.5 Å². The first-order valence-corrected chi connectivity index (χ1v) is 10.7. The van der Waals surface area contributed by atoms with Gasteiger partial charge in [0.2, 0.25) is 5.91 Å². The molecule has 32 heavy (non-hydrogen) atoms. The van der Waals surface area contributed by atoms with Crippen LogP contribution >= 0.6 is 0 Å². The summed E-state index contributed by atoms with van der Waals surface area (Å²) in [5.74, 6) is -0.571. The summed E-state index contributed by atoms with van der Waals surface area (Å²) in [6, 6.07) is 12.1. The summed E-state index contributed by atoms with van der Waals surface area (Å²) >= 11 is 0. The van der Waals surface area contributed by atoms with E-state index in [1.54, 1.807) is 10.6 Å². The van der Waals surface area contributed by atoms with Gasteiger partial charge in [0, 0.05) is 35.5 Å². The van der Waals surface area contributed by atoms with Gasteiger partial charge in [-0.1, -0.05) is 12.1 Å². The van der Waals surface area contributed by atoms with Gasteiger partial charge in [0.15, 0.2) is 0 Å². The maximum Gasteiger partial charge on any atom is 0.323 e. The fraction of sp³-hybridized carbons (Fsp3) is 0.292. The number of halogens is 1. The minimum absolute atomic E-state index is 0.0561. The molecule has 1 aliphatic rings. The van der Waals surface area contributed by atoms with E-state index >= 15 is 0 Å². The second-order valence-electron chi connectivity index (χ2n) is 8.27. The summed E-state index contributed by atoms with van der Waals surface area (Å²) < 4.78 is 15.7. The third kappa shape index (κ3) is 3.84. The van der Waals surface area contributed by atoms with Crippen LogP contribution in [0.25, 0.3) is 21.9 Å². The SMILES string of the molecule is O=C(O)Cn1c2c(c3cc(F)ccc31)C[C@@H](NC(=O)CCc1nc3ccccc3[nH]1)CC2. The Bertz CT molecular complexity index is 1310. The van der Waals surface area contributed by atoms with E-state index in [1.165, 1.54) is 12.1 Å². The summed E-state index contributed by atoms with van der Waals surface area (Å²) in [5, 5.41) is 13.1. The minimum atomic E-state index is -0.935. The number of carboxylic acids is 1. The highest BCUT2D eigenvalue weighted by atomic mass is 19.1. The summed E-state index contributed by atoms with van der Waals surface area (Å²) in [4.78, 5) is 31.7. The second-order valence-corrected chi connectivity index (χ2v) is 8.27. The molecule has 2 aromatic carbocycles. The number of carbonyl (C=O) groups is 2. The molecule has 4 aromatic rings. The fourth-order valence-corrected chi connectivity index (χ4v) is 4.72. The highest BCUT2D eigenvalue weighted by Crippen LogP contribution is 2.33. The predicted octanol–water partition coefficient (Wildman–Crippen LogP) is 3.35. The summed E-state index contributed by atoms with van der Waals surface area (Å²) in [6.07, 6.45) is 2.73. The van der Waals surface area contributed by atoms with Crippen molar-refractivity contribution in [2.45, 2.75) is 44.7 Å². The van der Waals surface area contributed by atoms with Crippen LogP contribution in [0.3, 0.4) is 0 Å². The van der Waals surface area contributed by atoms with Gasteiger partial charge in [-0.2, -0.15) is 0 Å². The number of aromatic nitrogens is 3. The maximum absolute atomic E-state index is 13.9. The Morgan fingerprint density at radius 3 is 2.91 bits per heavy atom. The van der Waals surface area contributed by atoms with Crippen molar-refractivity contribution in [1.82, 2.24) is 19.9 Å². The zero-order valence-electron chi connectivity index (χ0n) is 17.4. The Kier molecular flexibility index (Phi) is 5.13. The smallest absolute Gasteiger partial charge is 0.323 e. The van der Waals surface area contributed by atoms with Crippen molar-refractivity contribution in [2.24, 2.45) is 0 Å². The number of amides is 1. The first-order valence-electron chi connectivity index (χ1n) is 10.7. The maximum atomic E-state index is 13.9. The molecule has 7 nitrogen and oxygen atoms in total. The van der Waals surface area contributed by atoms with E-state index in [4.69, 9.17) is 0 Å². The van der Waals surface area contributed by atoms with Crippen LogP contribution in [0, 0.1) is 5.82 Å². The zero-order valence-corrected chi connectivity index (χ0v) is 17.4. The third-order valence-electron chi connectivity index (χ3n) is 6.11. The number of para-hydroxylation sites is 2. The molecule has 0 radical (unpaired) electrons. The average Bonchev–Trinajstić information content (AvgIpc) is 3.31. The number of aryl methyl sites for hydroxylation is 1. The molecule has 0 saturated carbocycles. The molecule has 1 atom stereocenters. The lowest BCUT2D eigenvalue weighted by molar-refractivity contribution is -0.137. The summed E-state index contributed by atoms with van der Waals surface area (Å²) in [5.41, 5.74) is 4.39. The predicted molar refractivity (Wildman–Crippen MR) is 118 cm³/mol. The molecule has 3 N–H and O–H groups in total. The number of fused-ring (bicyclic) bond motifs is 4. The lowest BCUT2D eigenvalue weighted by atomic mass is 9.91. The quantitative estimate of drug-likeness (QED) is 0.433. The van der Waals surface area contributed by atoms with Gasteiger partial charge in [-0.25, -0.2) is 9.37 Å². The van der Waals surface area contributed by atoms with Crippen molar-refractivity contribution >= 4 is 33.8 Å². The van der Waals surface area contributed by atoms with Gasteiger partial charge in [0.25, 0.3) is 0 Å². The number of carbonyl (C=O) groups excluding carboxylic acids is 1. The van der Waals surface area contributed by atoms with Crippen LogP contribution in [0.2, 0.25) is 0 Å². The van der Waals surface area contributed by atoms with Gasteiger partial charge >= 0.3 is 5.97 Å². The lowest BCUT2D eigenvalue weighted by Gasteiger charge is -2.25. The average molecular weight is 434 g/mol. The molecule has 0 fully saturated rings. The summed E-state index contributed by atoms with van der Waals surface area (Å²) in [6.45, 7) is -0.161. The molecule has 0 spiro atoms. The van der Waals surface area contributed by atoms with Gasteiger partial charge in [0.05, 0.1) is 11.0 Å². The highest BCUT2D eigenvalue weighted by molar-refractivity contribution is 5.87. The molecule has 164 valence electrons. The molecule has 0 unspecified atom stereocenters. The van der Waals surface area contributed by atoms with Crippen LogP contribution in [0.5, 0.6) is 0 Å². The van der Waals surface area contributed by atoms with E-state index < -0.39 is 5.97 Å². The first-order chi connectivity index (χ1) is 15.5. The number of hydrogen-bond acceptors (Lipinski definition) is 3. The zero-order chi connectivity index (χ0) is 22.2. The van der Waals surface area contributed by atoms with Gasteiger partial charge in [0.1, 0.15) is 18.2 Å². The highest BCUT2D eigenvalue weighted by Gasteiger charge is 2.27. The topological polar surface area (TPSA) is 100 Å². The Balaban J connectivity index is 1.29. The number of imidazole rings is 1. The lowest BCUT2D eigenvalue weighted by Crippen LogP contribution is -2.39. The number of aliphatic carboxylic acids is 1. The van der Waals surface area contributed by atoms with E-state index in [1.807, 2.05) is 24.3 Å². The molecular formula is C24H23FN4O3. The van der Waals surface area contributed by atoms with E-state index in [0.717, 1.165) is 39.0 Å². The molecule has 0 saturated heterocycles. The number of aromatic amines is 1. The number of H-pyrrole nitrogens is 1. The first kappa shape index (κ1) is 20.2.